The predicted octanol–water partition coefficient (Wildman–Crippen LogP) is 2.15. The lowest BCUT2D eigenvalue weighted by Gasteiger charge is -2.13. The second kappa shape index (κ2) is 9.00. The lowest BCUT2D eigenvalue weighted by Crippen LogP contribution is -2.26. The summed E-state index contributed by atoms with van der Waals surface area (Å²) in [5, 5.41) is 21.7. The molecule has 2 rings (SSSR count). The second-order valence-electron chi connectivity index (χ2n) is 5.34. The van der Waals surface area contributed by atoms with E-state index < -0.39 is 12.1 Å². The second-order valence-corrected chi connectivity index (χ2v) is 5.34. The molecule has 0 aliphatic carbocycles. The summed E-state index contributed by atoms with van der Waals surface area (Å²) in [5.41, 5.74) is 1.24. The van der Waals surface area contributed by atoms with E-state index in [1.807, 2.05) is 0 Å². The third kappa shape index (κ3) is 5.98. The molecule has 6 heteroatoms. The number of aliphatic hydroxyl groups is 1. The van der Waals surface area contributed by atoms with Crippen LogP contribution in [-0.4, -0.2) is 35.9 Å². The van der Waals surface area contributed by atoms with Gasteiger partial charge in [0.05, 0.1) is 12.5 Å². The Morgan fingerprint density at radius 2 is 1.96 bits per heavy atom. The number of carboxylic acids is 1. The quantitative estimate of drug-likeness (QED) is 0.613. The topological polar surface area (TPSA) is 78.8 Å². The zero-order valence-electron chi connectivity index (χ0n) is 13.1. The van der Waals surface area contributed by atoms with Crippen molar-refractivity contribution < 1.29 is 24.1 Å². The minimum absolute atomic E-state index is 0.0141. The number of aliphatic hydroxyl groups excluding tert-OH is 1. The van der Waals surface area contributed by atoms with E-state index in [0.29, 0.717) is 36.6 Å². The summed E-state index contributed by atoms with van der Waals surface area (Å²) in [6.07, 6.45) is -0.796. The van der Waals surface area contributed by atoms with E-state index in [0.717, 1.165) is 0 Å². The van der Waals surface area contributed by atoms with Crippen LogP contribution in [0.3, 0.4) is 0 Å². The fourth-order valence-corrected chi connectivity index (χ4v) is 2.19. The Morgan fingerprint density at radius 1 is 1.21 bits per heavy atom. The van der Waals surface area contributed by atoms with E-state index in [1.165, 1.54) is 12.1 Å². The van der Waals surface area contributed by atoms with Gasteiger partial charge in [-0.1, -0.05) is 24.3 Å². The van der Waals surface area contributed by atoms with E-state index in [4.69, 9.17) is 9.84 Å². The molecule has 24 heavy (non-hydrogen) atoms. The van der Waals surface area contributed by atoms with Crippen molar-refractivity contribution in [1.82, 2.24) is 5.32 Å². The highest BCUT2D eigenvalue weighted by molar-refractivity contribution is 5.70. The standard InChI is InChI=1S/C18H20FNO4/c19-15-3-1-2-14(11-15)17(21)12-20-8-9-24-16-6-4-13(5-7-16)10-18(22)23/h1-7,11,17,20-21H,8-10,12H2,(H,22,23). The normalized spacial score (nSPS) is 11.9. The summed E-state index contributed by atoms with van der Waals surface area (Å²) in [6, 6.07) is 12.7. The molecule has 1 unspecified atom stereocenters. The Labute approximate surface area is 139 Å². The highest BCUT2D eigenvalue weighted by Gasteiger charge is 2.07. The maximum absolute atomic E-state index is 13.1. The number of halogens is 1. The first kappa shape index (κ1) is 17.9. The van der Waals surface area contributed by atoms with Crippen molar-refractivity contribution in [2.75, 3.05) is 19.7 Å². The van der Waals surface area contributed by atoms with Crippen molar-refractivity contribution in [3.8, 4) is 5.75 Å². The molecule has 2 aromatic carbocycles. The van der Waals surface area contributed by atoms with Gasteiger partial charge in [-0.15, -0.1) is 0 Å². The number of benzene rings is 2. The Kier molecular flexibility index (Phi) is 6.72. The molecule has 0 aliphatic rings. The Bertz CT molecular complexity index is 660. The maximum atomic E-state index is 13.1. The fraction of sp³-hybridized carbons (Fsp3) is 0.278. The molecule has 0 radical (unpaired) electrons. The molecule has 0 saturated heterocycles. The van der Waals surface area contributed by atoms with Crippen molar-refractivity contribution in [2.24, 2.45) is 0 Å². The van der Waals surface area contributed by atoms with Gasteiger partial charge in [0.15, 0.2) is 0 Å². The van der Waals surface area contributed by atoms with Crippen LogP contribution in [0.5, 0.6) is 5.75 Å². The molecule has 0 heterocycles. The molecular formula is C18H20FNO4. The van der Waals surface area contributed by atoms with Crippen LogP contribution in [0.15, 0.2) is 48.5 Å². The molecule has 0 fully saturated rings. The molecule has 0 amide bonds. The SMILES string of the molecule is O=C(O)Cc1ccc(OCCNCC(O)c2cccc(F)c2)cc1. The molecule has 128 valence electrons. The Balaban J connectivity index is 1.66. The van der Waals surface area contributed by atoms with Gasteiger partial charge in [-0.25, -0.2) is 4.39 Å². The van der Waals surface area contributed by atoms with Gasteiger partial charge in [-0.05, 0) is 35.4 Å². The minimum atomic E-state index is -0.871. The summed E-state index contributed by atoms with van der Waals surface area (Å²) >= 11 is 0. The zero-order chi connectivity index (χ0) is 17.4. The Morgan fingerprint density at radius 3 is 2.62 bits per heavy atom. The van der Waals surface area contributed by atoms with E-state index in [-0.39, 0.29) is 12.2 Å². The highest BCUT2D eigenvalue weighted by Crippen LogP contribution is 2.14. The first-order valence-corrected chi connectivity index (χ1v) is 7.62. The molecule has 5 nitrogen and oxygen atoms in total. The van der Waals surface area contributed by atoms with Gasteiger partial charge in [0.1, 0.15) is 18.2 Å². The molecule has 3 N–H and O–H groups in total. The molecule has 0 aromatic heterocycles. The molecule has 0 saturated carbocycles. The first-order valence-electron chi connectivity index (χ1n) is 7.62. The lowest BCUT2D eigenvalue weighted by atomic mass is 10.1. The minimum Gasteiger partial charge on any atom is -0.492 e. The average Bonchev–Trinajstić information content (AvgIpc) is 2.55. The van der Waals surface area contributed by atoms with Crippen molar-refractivity contribution in [1.29, 1.82) is 0 Å². The van der Waals surface area contributed by atoms with E-state index >= 15 is 0 Å². The summed E-state index contributed by atoms with van der Waals surface area (Å²) in [4.78, 5) is 10.6. The van der Waals surface area contributed by atoms with Gasteiger partial charge in [0.25, 0.3) is 0 Å². The first-order chi connectivity index (χ1) is 11.5. The maximum Gasteiger partial charge on any atom is 0.307 e. The molecule has 0 aliphatic heterocycles. The van der Waals surface area contributed by atoms with Gasteiger partial charge in [-0.2, -0.15) is 0 Å². The monoisotopic (exact) mass is 333 g/mol. The van der Waals surface area contributed by atoms with Crippen molar-refractivity contribution in [2.45, 2.75) is 12.5 Å². The van der Waals surface area contributed by atoms with Gasteiger partial charge in [-0.3, -0.25) is 4.79 Å². The number of aliphatic carboxylic acids is 1. The van der Waals surface area contributed by atoms with Crippen LogP contribution in [-0.2, 0) is 11.2 Å². The molecule has 0 spiro atoms. The number of hydrogen-bond donors (Lipinski definition) is 3. The highest BCUT2D eigenvalue weighted by atomic mass is 19.1. The summed E-state index contributed by atoms with van der Waals surface area (Å²) < 4.78 is 18.6. The summed E-state index contributed by atoms with van der Waals surface area (Å²) in [6.45, 7) is 1.21. The smallest absolute Gasteiger partial charge is 0.307 e. The van der Waals surface area contributed by atoms with Gasteiger partial charge < -0.3 is 20.3 Å². The number of ether oxygens (including phenoxy) is 1. The van der Waals surface area contributed by atoms with Crippen LogP contribution < -0.4 is 10.1 Å². The van der Waals surface area contributed by atoms with E-state index in [2.05, 4.69) is 5.32 Å². The number of carboxylic acid groups (broad SMARTS) is 1. The van der Waals surface area contributed by atoms with Crippen LogP contribution in [0, 0.1) is 5.82 Å². The third-order valence-electron chi connectivity index (χ3n) is 3.40. The van der Waals surface area contributed by atoms with Gasteiger partial charge in [0.2, 0.25) is 0 Å². The molecule has 0 bridgehead atoms. The number of rotatable bonds is 9. The molecular weight excluding hydrogens is 313 g/mol. The summed E-state index contributed by atoms with van der Waals surface area (Å²) in [5.74, 6) is -0.595. The predicted molar refractivity (Wildman–Crippen MR) is 87.5 cm³/mol. The summed E-state index contributed by atoms with van der Waals surface area (Å²) in [7, 11) is 0. The largest absolute Gasteiger partial charge is 0.492 e. The van der Waals surface area contributed by atoms with Gasteiger partial charge >= 0.3 is 5.97 Å². The fourth-order valence-electron chi connectivity index (χ4n) is 2.19. The van der Waals surface area contributed by atoms with Crippen molar-refractivity contribution in [3.63, 3.8) is 0 Å². The van der Waals surface area contributed by atoms with Gasteiger partial charge in [0, 0.05) is 13.1 Å². The Hall–Kier alpha value is -2.44. The van der Waals surface area contributed by atoms with E-state index in [9.17, 15) is 14.3 Å². The van der Waals surface area contributed by atoms with E-state index in [1.54, 1.807) is 36.4 Å². The molecule has 1 atom stereocenters. The van der Waals surface area contributed by atoms with Crippen LogP contribution in [0.4, 0.5) is 4.39 Å². The third-order valence-corrected chi connectivity index (χ3v) is 3.40. The number of nitrogens with one attached hydrogen (secondary N) is 1. The van der Waals surface area contributed by atoms with Crippen LogP contribution in [0.1, 0.15) is 17.2 Å². The van der Waals surface area contributed by atoms with Crippen LogP contribution >= 0.6 is 0 Å². The number of hydrogen-bond acceptors (Lipinski definition) is 4. The number of carbonyl (C=O) groups is 1. The average molecular weight is 333 g/mol. The van der Waals surface area contributed by atoms with Crippen LogP contribution in [0.2, 0.25) is 0 Å². The van der Waals surface area contributed by atoms with Crippen molar-refractivity contribution >= 4 is 5.97 Å². The zero-order valence-corrected chi connectivity index (χ0v) is 13.1. The van der Waals surface area contributed by atoms with Crippen LogP contribution in [0.25, 0.3) is 0 Å². The van der Waals surface area contributed by atoms with Crippen molar-refractivity contribution in [3.05, 3.63) is 65.5 Å². The lowest BCUT2D eigenvalue weighted by molar-refractivity contribution is -0.136. The molecule has 2 aromatic rings.